The lowest BCUT2D eigenvalue weighted by atomic mass is 10.1. The molecular formula is C15H18ClNOS. The summed E-state index contributed by atoms with van der Waals surface area (Å²) in [5.74, 6) is 0.853. The zero-order chi connectivity index (χ0) is 13.8. The number of ether oxygens (including phenoxy) is 1. The lowest BCUT2D eigenvalue weighted by molar-refractivity contribution is 0.184. The van der Waals surface area contributed by atoms with E-state index in [2.05, 4.69) is 19.1 Å². The predicted molar refractivity (Wildman–Crippen MR) is 82.2 cm³/mol. The van der Waals surface area contributed by atoms with Crippen molar-refractivity contribution in [2.45, 2.75) is 32.4 Å². The van der Waals surface area contributed by atoms with Crippen LogP contribution in [0.3, 0.4) is 0 Å². The fourth-order valence-corrected chi connectivity index (χ4v) is 3.10. The average Bonchev–Trinajstić information content (AvgIpc) is 2.82. The molecule has 0 saturated carbocycles. The Balaban J connectivity index is 2.21. The molecule has 102 valence electrons. The van der Waals surface area contributed by atoms with Gasteiger partial charge in [0, 0.05) is 10.9 Å². The molecule has 2 unspecified atom stereocenters. The van der Waals surface area contributed by atoms with Crippen molar-refractivity contribution in [2.24, 2.45) is 5.73 Å². The van der Waals surface area contributed by atoms with Crippen LogP contribution in [0.5, 0.6) is 5.75 Å². The van der Waals surface area contributed by atoms with Gasteiger partial charge in [0.25, 0.3) is 0 Å². The first-order valence-electron chi connectivity index (χ1n) is 6.36. The summed E-state index contributed by atoms with van der Waals surface area (Å²) in [5.41, 5.74) is 7.29. The van der Waals surface area contributed by atoms with Gasteiger partial charge < -0.3 is 10.5 Å². The second kappa shape index (κ2) is 6.42. The number of hydrogen-bond acceptors (Lipinski definition) is 3. The molecule has 2 nitrogen and oxygen atoms in total. The Morgan fingerprint density at radius 3 is 2.68 bits per heavy atom. The van der Waals surface area contributed by atoms with E-state index >= 15 is 0 Å². The third-order valence-corrected chi connectivity index (χ3v) is 4.21. The smallest absolute Gasteiger partial charge is 0.148 e. The van der Waals surface area contributed by atoms with Gasteiger partial charge in [0.15, 0.2) is 0 Å². The second-order valence-electron chi connectivity index (χ2n) is 4.54. The Morgan fingerprint density at radius 2 is 2.11 bits per heavy atom. The van der Waals surface area contributed by atoms with E-state index in [1.54, 1.807) is 0 Å². The highest BCUT2D eigenvalue weighted by Gasteiger charge is 2.20. The summed E-state index contributed by atoms with van der Waals surface area (Å²) in [6.45, 7) is 4.07. The molecule has 2 N–H and O–H groups in total. The van der Waals surface area contributed by atoms with Crippen LogP contribution >= 0.6 is 22.9 Å². The molecule has 0 bridgehead atoms. The lowest BCUT2D eigenvalue weighted by Gasteiger charge is -2.21. The fourth-order valence-electron chi connectivity index (χ4n) is 1.89. The summed E-state index contributed by atoms with van der Waals surface area (Å²) in [4.78, 5) is 1.06. The van der Waals surface area contributed by atoms with Gasteiger partial charge in [0.2, 0.25) is 0 Å². The second-order valence-corrected chi connectivity index (χ2v) is 6.29. The first kappa shape index (κ1) is 14.4. The Bertz CT molecular complexity index is 538. The average molecular weight is 296 g/mol. The van der Waals surface area contributed by atoms with Gasteiger partial charge in [0.1, 0.15) is 11.9 Å². The molecular weight excluding hydrogens is 278 g/mol. The van der Waals surface area contributed by atoms with Gasteiger partial charge >= 0.3 is 0 Å². The fraction of sp³-hybridized carbons (Fsp3) is 0.333. The van der Waals surface area contributed by atoms with Gasteiger partial charge in [-0.2, -0.15) is 0 Å². The van der Waals surface area contributed by atoms with Crippen LogP contribution in [-0.4, -0.2) is 6.04 Å². The molecule has 0 fully saturated rings. The topological polar surface area (TPSA) is 35.2 Å². The zero-order valence-corrected chi connectivity index (χ0v) is 12.7. The molecule has 0 spiro atoms. The van der Waals surface area contributed by atoms with Crippen molar-refractivity contribution in [3.05, 3.63) is 51.2 Å². The van der Waals surface area contributed by atoms with Crippen LogP contribution in [-0.2, 0) is 6.42 Å². The normalized spacial score (nSPS) is 14.1. The van der Waals surface area contributed by atoms with E-state index in [1.807, 2.05) is 31.2 Å². The number of hydrogen-bond donors (Lipinski definition) is 1. The van der Waals surface area contributed by atoms with E-state index < -0.39 is 0 Å². The van der Waals surface area contributed by atoms with Crippen LogP contribution in [0.15, 0.2) is 36.4 Å². The van der Waals surface area contributed by atoms with Crippen molar-refractivity contribution in [1.82, 2.24) is 0 Å². The number of thiophene rings is 1. The molecule has 2 aromatic rings. The van der Waals surface area contributed by atoms with Crippen LogP contribution in [0.1, 0.15) is 30.4 Å². The van der Waals surface area contributed by atoms with E-state index in [9.17, 15) is 0 Å². The maximum Gasteiger partial charge on any atom is 0.148 e. The largest absolute Gasteiger partial charge is 0.483 e. The van der Waals surface area contributed by atoms with Crippen LogP contribution in [0.2, 0.25) is 4.34 Å². The van der Waals surface area contributed by atoms with E-state index in [0.29, 0.717) is 0 Å². The van der Waals surface area contributed by atoms with Crippen molar-refractivity contribution >= 4 is 22.9 Å². The standard InChI is InChI=1S/C15H18ClNOS/c1-3-11-5-4-6-12(9-11)18-15(10(2)17)13-7-8-14(16)19-13/h4-10,15H,3,17H2,1-2H3. The molecule has 0 radical (unpaired) electrons. The van der Waals surface area contributed by atoms with Crippen molar-refractivity contribution in [3.63, 3.8) is 0 Å². The lowest BCUT2D eigenvalue weighted by Crippen LogP contribution is -2.28. The Hall–Kier alpha value is -1.03. The van der Waals surface area contributed by atoms with Crippen LogP contribution in [0.4, 0.5) is 0 Å². The number of nitrogens with two attached hydrogens (primary N) is 1. The number of halogens is 1. The van der Waals surface area contributed by atoms with Crippen LogP contribution in [0, 0.1) is 0 Å². The van der Waals surface area contributed by atoms with Crippen LogP contribution < -0.4 is 10.5 Å². The molecule has 1 aromatic carbocycles. The molecule has 4 heteroatoms. The highest BCUT2D eigenvalue weighted by molar-refractivity contribution is 7.16. The highest BCUT2D eigenvalue weighted by atomic mass is 35.5. The molecule has 1 heterocycles. The first-order chi connectivity index (χ1) is 9.10. The monoisotopic (exact) mass is 295 g/mol. The Kier molecular flexibility index (Phi) is 4.86. The number of benzene rings is 1. The SMILES string of the molecule is CCc1cccc(OC(c2ccc(Cl)s2)C(C)N)c1. The van der Waals surface area contributed by atoms with Gasteiger partial charge in [-0.3, -0.25) is 0 Å². The van der Waals surface area contributed by atoms with Crippen molar-refractivity contribution < 1.29 is 4.74 Å². The summed E-state index contributed by atoms with van der Waals surface area (Å²) in [5, 5.41) is 0. The summed E-state index contributed by atoms with van der Waals surface area (Å²) in [6.07, 6.45) is 0.829. The third-order valence-electron chi connectivity index (χ3n) is 2.92. The summed E-state index contributed by atoms with van der Waals surface area (Å²) >= 11 is 7.50. The molecule has 0 aliphatic heterocycles. The van der Waals surface area contributed by atoms with Crippen LogP contribution in [0.25, 0.3) is 0 Å². The quantitative estimate of drug-likeness (QED) is 0.885. The molecule has 0 saturated heterocycles. The first-order valence-corrected chi connectivity index (χ1v) is 7.56. The minimum Gasteiger partial charge on any atom is -0.483 e. The van der Waals surface area contributed by atoms with Gasteiger partial charge in [-0.05, 0) is 43.2 Å². The van der Waals surface area contributed by atoms with E-state index in [-0.39, 0.29) is 12.1 Å². The third kappa shape index (κ3) is 3.72. The molecule has 0 amide bonds. The minimum atomic E-state index is -0.162. The van der Waals surface area contributed by atoms with Crippen molar-refractivity contribution in [1.29, 1.82) is 0 Å². The van der Waals surface area contributed by atoms with Gasteiger partial charge in [-0.1, -0.05) is 30.7 Å². The Labute approximate surface area is 123 Å². The minimum absolute atomic E-state index is 0.0972. The van der Waals surface area contributed by atoms with Gasteiger partial charge in [-0.25, -0.2) is 0 Å². The zero-order valence-electron chi connectivity index (χ0n) is 11.1. The molecule has 19 heavy (non-hydrogen) atoms. The highest BCUT2D eigenvalue weighted by Crippen LogP contribution is 2.32. The van der Waals surface area contributed by atoms with E-state index in [1.165, 1.54) is 16.9 Å². The van der Waals surface area contributed by atoms with Gasteiger partial charge in [-0.15, -0.1) is 11.3 Å². The van der Waals surface area contributed by atoms with Crippen molar-refractivity contribution in [2.75, 3.05) is 0 Å². The predicted octanol–water partition coefficient (Wildman–Crippen LogP) is 4.43. The molecule has 2 atom stereocenters. The Morgan fingerprint density at radius 1 is 1.32 bits per heavy atom. The maximum atomic E-state index is 6.04. The van der Waals surface area contributed by atoms with E-state index in [0.717, 1.165) is 21.4 Å². The van der Waals surface area contributed by atoms with Gasteiger partial charge in [0.05, 0.1) is 4.34 Å². The van der Waals surface area contributed by atoms with Crippen molar-refractivity contribution in [3.8, 4) is 5.75 Å². The molecule has 2 rings (SSSR count). The summed E-state index contributed by atoms with van der Waals surface area (Å²) in [6, 6.07) is 11.9. The number of aryl methyl sites for hydroxylation is 1. The summed E-state index contributed by atoms with van der Waals surface area (Å²) in [7, 11) is 0. The maximum absolute atomic E-state index is 6.04. The molecule has 0 aliphatic carbocycles. The molecule has 0 aliphatic rings. The molecule has 1 aromatic heterocycles. The summed E-state index contributed by atoms with van der Waals surface area (Å²) < 4.78 is 6.80. The van der Waals surface area contributed by atoms with E-state index in [4.69, 9.17) is 22.1 Å². The number of rotatable bonds is 5.